The highest BCUT2D eigenvalue weighted by Gasteiger charge is 2.75. The minimum atomic E-state index is -2.75. The summed E-state index contributed by atoms with van der Waals surface area (Å²) in [7, 11) is -7.46. The number of aliphatic hydroxyl groups is 2. The summed E-state index contributed by atoms with van der Waals surface area (Å²) < 4.78 is 19.3. The number of imidazole rings is 1. The second-order valence-electron chi connectivity index (χ2n) is 14.3. The van der Waals surface area contributed by atoms with Crippen LogP contribution in [-0.4, -0.2) is 88.4 Å². The summed E-state index contributed by atoms with van der Waals surface area (Å²) in [4.78, 5) is 47.4. The van der Waals surface area contributed by atoms with Gasteiger partial charge in [-0.05, 0) is 25.7 Å². The lowest BCUT2D eigenvalue weighted by Crippen LogP contribution is -2.77. The van der Waals surface area contributed by atoms with Crippen LogP contribution >= 0.6 is 0 Å². The monoisotopic (exact) mass is 678 g/mol. The average Bonchev–Trinajstić information content (AvgIpc) is 3.43. The van der Waals surface area contributed by atoms with E-state index in [-0.39, 0.29) is 35.0 Å². The van der Waals surface area contributed by atoms with Crippen LogP contribution in [-0.2, 0) is 20.5 Å². The number of H-pyrrole nitrogens is 1. The number of carbonyl (C=O) groups excluding carboxylic acids is 1. The summed E-state index contributed by atoms with van der Waals surface area (Å²) in [6.45, 7) is 17.5. The molecule has 2 aromatic heterocycles. The van der Waals surface area contributed by atoms with Crippen molar-refractivity contribution in [3.8, 4) is 0 Å². The molecule has 0 saturated carbocycles. The van der Waals surface area contributed by atoms with Gasteiger partial charge in [0.2, 0.25) is 5.95 Å². The summed E-state index contributed by atoms with van der Waals surface area (Å²) in [5.41, 5.74) is -0.784. The van der Waals surface area contributed by atoms with Crippen molar-refractivity contribution < 1.29 is 33.8 Å². The van der Waals surface area contributed by atoms with Gasteiger partial charge >= 0.3 is 6.09 Å². The van der Waals surface area contributed by atoms with Crippen LogP contribution in [0.2, 0.25) is 58.9 Å². The van der Waals surface area contributed by atoms with E-state index in [9.17, 15) is 29.9 Å². The first-order chi connectivity index (χ1) is 20.6. The molecule has 0 spiro atoms. The molecule has 45 heavy (non-hydrogen) atoms. The zero-order valence-corrected chi connectivity index (χ0v) is 30.0. The number of fused-ring (bicyclic) bond motifs is 1. The molecule has 0 unspecified atom stereocenters. The molecule has 1 amide bonds. The minimum Gasteiger partial charge on any atom is -0.444 e. The molecule has 1 aliphatic rings. The number of nitrogens with zero attached hydrogens (tertiary/aromatic N) is 4. The van der Waals surface area contributed by atoms with Crippen LogP contribution in [0.1, 0.15) is 11.8 Å². The summed E-state index contributed by atoms with van der Waals surface area (Å²) in [6.07, 6.45) is -1.76. The third kappa shape index (κ3) is 6.27. The van der Waals surface area contributed by atoms with Crippen LogP contribution in [0, 0.1) is 10.1 Å². The van der Waals surface area contributed by atoms with Gasteiger partial charge in [-0.1, -0.05) is 51.4 Å². The van der Waals surface area contributed by atoms with Crippen molar-refractivity contribution in [2.75, 3.05) is 11.9 Å². The van der Waals surface area contributed by atoms with Crippen molar-refractivity contribution in [2.45, 2.75) is 88.3 Å². The average molecular weight is 679 g/mol. The molecule has 0 aliphatic carbocycles. The molecule has 1 aliphatic heterocycles. The quantitative estimate of drug-likeness (QED) is 0.138. The summed E-state index contributed by atoms with van der Waals surface area (Å²) in [5.74, 6) is -0.282. The van der Waals surface area contributed by atoms with Gasteiger partial charge in [0.05, 0.1) is 39.6 Å². The number of hydrogen-bond donors (Lipinski definition) is 4. The largest absolute Gasteiger partial charge is 0.444 e. The minimum absolute atomic E-state index is 0.000821. The van der Waals surface area contributed by atoms with Gasteiger partial charge in [0, 0.05) is 6.07 Å². The van der Waals surface area contributed by atoms with E-state index in [2.05, 4.69) is 20.3 Å². The van der Waals surface area contributed by atoms with E-state index in [0.717, 1.165) is 0 Å². The van der Waals surface area contributed by atoms with Crippen molar-refractivity contribution in [3.05, 3.63) is 56.6 Å². The van der Waals surface area contributed by atoms with Gasteiger partial charge in [-0.25, -0.2) is 9.78 Å². The Hall–Kier alpha value is -3.27. The number of aromatic amines is 1. The highest BCUT2D eigenvalue weighted by atomic mass is 28.4. The molecule has 3 heterocycles. The normalized spacial score (nSPS) is 24.2. The highest BCUT2D eigenvalue weighted by Crippen LogP contribution is 2.54. The van der Waals surface area contributed by atoms with Crippen LogP contribution < -0.4 is 10.9 Å². The van der Waals surface area contributed by atoms with Crippen LogP contribution in [0.15, 0.2) is 35.4 Å². The maximum absolute atomic E-state index is 13.0. The van der Waals surface area contributed by atoms with Crippen LogP contribution in [0.25, 0.3) is 11.2 Å². The number of nitrogens with one attached hydrogen (secondary N) is 2. The number of para-hydroxylation sites is 1. The number of nitro benzene ring substituents is 1. The van der Waals surface area contributed by atoms with E-state index in [1.165, 1.54) is 29.1 Å². The number of carbonyl (C=O) groups is 1. The highest BCUT2D eigenvalue weighted by molar-refractivity contribution is 6.86. The van der Waals surface area contributed by atoms with E-state index in [4.69, 9.17) is 13.9 Å². The smallest absolute Gasteiger partial charge is 0.414 e. The Morgan fingerprint density at radius 1 is 1.11 bits per heavy atom. The van der Waals surface area contributed by atoms with E-state index in [1.807, 2.05) is 58.9 Å². The fourth-order valence-electron chi connectivity index (χ4n) is 5.78. The van der Waals surface area contributed by atoms with Gasteiger partial charge in [0.1, 0.15) is 23.2 Å². The van der Waals surface area contributed by atoms with Gasteiger partial charge in [-0.2, -0.15) is 4.98 Å². The standard InChI is InChI=1S/C27H42N6O9Si3/c1-43(2,3)26(36)19(15-41-45(7,8)9)42-23(27(26,37)44(4,5)6)32-16-28-20-21(32)29-24(30-22(20)34)31-25(35)40-14-17-12-10-11-13-18(17)33(38)39/h10-13,16,19,23,36-37H,14-15H2,1-9H3,(H2,29,30,31,34,35)/t19-,23-,26+,27-/m1/s1. The molecule has 246 valence electrons. The molecule has 18 heteroatoms. The Balaban J connectivity index is 1.73. The van der Waals surface area contributed by atoms with E-state index in [1.54, 1.807) is 6.07 Å². The molecular weight excluding hydrogens is 637 g/mol. The van der Waals surface area contributed by atoms with Gasteiger partial charge in [0.15, 0.2) is 25.7 Å². The number of ether oxygens (including phenoxy) is 2. The lowest BCUT2D eigenvalue weighted by Gasteiger charge is -2.53. The maximum atomic E-state index is 13.0. The Labute approximate surface area is 263 Å². The van der Waals surface area contributed by atoms with Gasteiger partial charge in [0.25, 0.3) is 11.2 Å². The molecule has 4 rings (SSSR count). The lowest BCUT2D eigenvalue weighted by molar-refractivity contribution is -0.385. The third-order valence-corrected chi connectivity index (χ3v) is 15.3. The van der Waals surface area contributed by atoms with Crippen molar-refractivity contribution in [1.82, 2.24) is 19.5 Å². The molecule has 0 bridgehead atoms. The molecular formula is C27H42N6O9Si3. The second kappa shape index (κ2) is 11.8. The topological polar surface area (TPSA) is 204 Å². The first-order valence-corrected chi connectivity index (χ1v) is 24.9. The molecule has 4 N–H and O–H groups in total. The van der Waals surface area contributed by atoms with Gasteiger partial charge in [-0.3, -0.25) is 29.8 Å². The predicted molar refractivity (Wildman–Crippen MR) is 175 cm³/mol. The van der Waals surface area contributed by atoms with E-state index in [0.29, 0.717) is 0 Å². The molecule has 0 radical (unpaired) electrons. The zero-order valence-electron chi connectivity index (χ0n) is 27.0. The number of aromatic nitrogens is 4. The second-order valence-corrected chi connectivity index (χ2v) is 29.3. The van der Waals surface area contributed by atoms with Crippen LogP contribution in [0.4, 0.5) is 16.4 Å². The third-order valence-electron chi connectivity index (χ3n) is 8.10. The molecule has 1 aromatic carbocycles. The van der Waals surface area contributed by atoms with Crippen molar-refractivity contribution in [1.29, 1.82) is 0 Å². The molecule has 1 saturated heterocycles. The first kappa shape index (κ1) is 34.6. The number of benzene rings is 1. The van der Waals surface area contributed by atoms with Crippen LogP contribution in [0.5, 0.6) is 0 Å². The Morgan fingerprint density at radius 3 is 2.31 bits per heavy atom. The molecule has 1 fully saturated rings. The van der Waals surface area contributed by atoms with Crippen molar-refractivity contribution >= 4 is 53.4 Å². The van der Waals surface area contributed by atoms with Crippen molar-refractivity contribution in [2.24, 2.45) is 0 Å². The van der Waals surface area contributed by atoms with Crippen molar-refractivity contribution in [3.63, 3.8) is 0 Å². The first-order valence-electron chi connectivity index (χ1n) is 14.5. The number of rotatable bonds is 10. The Morgan fingerprint density at radius 2 is 1.73 bits per heavy atom. The summed E-state index contributed by atoms with van der Waals surface area (Å²) in [6, 6.07) is 5.83. The molecule has 15 nitrogen and oxygen atoms in total. The van der Waals surface area contributed by atoms with E-state index >= 15 is 0 Å². The lowest BCUT2D eigenvalue weighted by atomic mass is 10.1. The van der Waals surface area contributed by atoms with E-state index < -0.39 is 70.4 Å². The number of hydrogen-bond acceptors (Lipinski definition) is 11. The van der Waals surface area contributed by atoms with Crippen LogP contribution in [0.3, 0.4) is 0 Å². The SMILES string of the molecule is C[Si](C)(C)OC[C@H]1O[C@@H](n2cnc3c(=O)[nH]c(NC(=O)OCc4ccccc4[N+](=O)[O-])nc32)[C@@](O)([Si](C)(C)C)[C@@]1(O)[Si](C)(C)C. The number of amides is 1. The fraction of sp³-hybridized carbons (Fsp3) is 0.556. The molecule has 4 atom stereocenters. The number of nitro groups is 1. The fourth-order valence-corrected chi connectivity index (χ4v) is 13.3. The molecule has 3 aromatic rings. The maximum Gasteiger partial charge on any atom is 0.414 e. The Kier molecular flexibility index (Phi) is 9.09. The summed E-state index contributed by atoms with van der Waals surface area (Å²) in [5, 5.41) is 35.6. The zero-order chi connectivity index (χ0) is 33.8. The van der Waals surface area contributed by atoms with Gasteiger partial charge < -0.3 is 24.1 Å². The number of anilines is 1. The summed E-state index contributed by atoms with van der Waals surface area (Å²) >= 11 is 0. The Bertz CT molecular complexity index is 1660. The predicted octanol–water partition coefficient (Wildman–Crippen LogP) is 3.74. The van der Waals surface area contributed by atoms with Gasteiger partial charge in [-0.15, -0.1) is 0 Å².